The van der Waals surface area contributed by atoms with Gasteiger partial charge in [-0.3, -0.25) is 4.79 Å². The first-order valence-electron chi connectivity index (χ1n) is 7.43. The number of carboxylic acids is 1. The predicted molar refractivity (Wildman–Crippen MR) is 86.4 cm³/mol. The summed E-state index contributed by atoms with van der Waals surface area (Å²) in [5.41, 5.74) is 6.12. The van der Waals surface area contributed by atoms with E-state index in [0.717, 1.165) is 4.90 Å². The highest BCUT2D eigenvalue weighted by Crippen LogP contribution is 2.41. The van der Waals surface area contributed by atoms with Crippen molar-refractivity contribution in [2.45, 2.75) is 36.5 Å². The fourth-order valence-corrected chi connectivity index (χ4v) is 4.24. The normalized spacial score (nSPS) is 21.2. The summed E-state index contributed by atoms with van der Waals surface area (Å²) < 4.78 is 25.2. The Hall–Kier alpha value is -2.29. The minimum Gasteiger partial charge on any atom is -0.481 e. The molecule has 2 atom stereocenters. The monoisotopic (exact) mass is 356 g/mol. The van der Waals surface area contributed by atoms with Gasteiger partial charge in [-0.1, -0.05) is 0 Å². The Balaban J connectivity index is 2.70. The van der Waals surface area contributed by atoms with Gasteiger partial charge in [-0.15, -0.1) is 0 Å². The summed E-state index contributed by atoms with van der Waals surface area (Å²) >= 11 is 0. The molecule has 0 saturated carbocycles. The maximum Gasteiger partial charge on any atom is 0.407 e. The molecule has 0 aromatic heterocycles. The lowest BCUT2D eigenvalue weighted by atomic mass is 9.93. The average molecular weight is 356 g/mol. The van der Waals surface area contributed by atoms with E-state index in [0.29, 0.717) is 0 Å². The number of likely N-dealkylation sites (tertiary alicyclic amines) is 1. The van der Waals surface area contributed by atoms with E-state index in [2.05, 4.69) is 0 Å². The summed E-state index contributed by atoms with van der Waals surface area (Å²) in [5, 5.41) is 18.1. The molecule has 4 N–H and O–H groups in total. The topological polar surface area (TPSA) is 138 Å². The van der Waals surface area contributed by atoms with Crippen LogP contribution in [0, 0.1) is 5.92 Å². The van der Waals surface area contributed by atoms with E-state index < -0.39 is 39.1 Å². The van der Waals surface area contributed by atoms with Crippen LogP contribution >= 0.6 is 0 Å². The maximum atomic E-state index is 12.6. The van der Waals surface area contributed by atoms with Crippen molar-refractivity contribution in [2.24, 2.45) is 5.92 Å². The van der Waals surface area contributed by atoms with E-state index in [1.54, 1.807) is 0 Å². The fraction of sp³-hybridized carbons (Fsp3) is 0.467. The number of carboxylic acid groups (broad SMARTS) is 2. The van der Waals surface area contributed by atoms with Crippen LogP contribution in [-0.4, -0.2) is 47.4 Å². The molecular weight excluding hydrogens is 336 g/mol. The molecule has 8 nitrogen and oxygen atoms in total. The molecule has 132 valence electrons. The van der Waals surface area contributed by atoms with Gasteiger partial charge in [0.1, 0.15) is 0 Å². The van der Waals surface area contributed by atoms with Gasteiger partial charge in [0.05, 0.1) is 22.1 Å². The fourth-order valence-electron chi connectivity index (χ4n) is 2.96. The summed E-state index contributed by atoms with van der Waals surface area (Å²) in [6, 6.07) is 3.00. The second kappa shape index (κ2) is 6.31. The van der Waals surface area contributed by atoms with Crippen LogP contribution in [0.25, 0.3) is 0 Å². The van der Waals surface area contributed by atoms with Gasteiger partial charge in [-0.25, -0.2) is 13.2 Å². The number of anilines is 1. The first-order chi connectivity index (χ1) is 11.1. The SMILES string of the molecule is CC(C)S(=O)(=O)c1ccc(N)cc1[C@H]1[C@@H](C(=O)O)CCN1C(=O)O. The minimum atomic E-state index is -3.73. The molecule has 0 bridgehead atoms. The van der Waals surface area contributed by atoms with Crippen LogP contribution in [0.2, 0.25) is 0 Å². The second-order valence-corrected chi connectivity index (χ2v) is 8.52. The first kappa shape index (κ1) is 18.1. The molecule has 2 rings (SSSR count). The van der Waals surface area contributed by atoms with E-state index >= 15 is 0 Å². The van der Waals surface area contributed by atoms with Crippen LogP contribution in [0.3, 0.4) is 0 Å². The van der Waals surface area contributed by atoms with Crippen LogP contribution < -0.4 is 5.73 Å². The smallest absolute Gasteiger partial charge is 0.407 e. The summed E-state index contributed by atoms with van der Waals surface area (Å²) in [6.07, 6.45) is -1.18. The molecule has 1 amide bonds. The third kappa shape index (κ3) is 3.03. The quantitative estimate of drug-likeness (QED) is 0.696. The number of nitrogen functional groups attached to an aromatic ring is 1. The zero-order chi connectivity index (χ0) is 18.2. The molecule has 0 aliphatic carbocycles. The van der Waals surface area contributed by atoms with Crippen molar-refractivity contribution in [3.05, 3.63) is 23.8 Å². The lowest BCUT2D eigenvalue weighted by molar-refractivity contribution is -0.142. The van der Waals surface area contributed by atoms with Crippen LogP contribution in [0.1, 0.15) is 31.9 Å². The van der Waals surface area contributed by atoms with Crippen molar-refractivity contribution in [3.63, 3.8) is 0 Å². The lowest BCUT2D eigenvalue weighted by Gasteiger charge is -2.27. The van der Waals surface area contributed by atoms with E-state index in [4.69, 9.17) is 5.73 Å². The Kier molecular flexibility index (Phi) is 4.75. The molecule has 1 aromatic rings. The Morgan fingerprint density at radius 1 is 1.29 bits per heavy atom. The van der Waals surface area contributed by atoms with Gasteiger partial charge in [-0.2, -0.15) is 0 Å². The molecule has 1 saturated heterocycles. The molecule has 24 heavy (non-hydrogen) atoms. The summed E-state index contributed by atoms with van der Waals surface area (Å²) in [4.78, 5) is 23.9. The second-order valence-electron chi connectivity index (χ2n) is 6.05. The molecular formula is C15H20N2O6S. The molecule has 1 fully saturated rings. The highest BCUT2D eigenvalue weighted by Gasteiger charge is 2.44. The minimum absolute atomic E-state index is 0.0208. The van der Waals surface area contributed by atoms with Crippen molar-refractivity contribution in [1.29, 1.82) is 0 Å². The Bertz CT molecular complexity index is 752. The standard InChI is InChI=1S/C15H20N2O6S/c1-8(2)24(22,23)12-4-3-9(16)7-11(12)13-10(14(18)19)5-6-17(13)15(20)21/h3-4,7-8,10,13H,5-6,16H2,1-2H3,(H,18,19)(H,20,21)/t10-,13+/m0/s1. The van der Waals surface area contributed by atoms with Crippen molar-refractivity contribution in [1.82, 2.24) is 4.90 Å². The number of rotatable bonds is 4. The van der Waals surface area contributed by atoms with Gasteiger partial charge in [0.25, 0.3) is 0 Å². The molecule has 1 aliphatic rings. The van der Waals surface area contributed by atoms with E-state index in [9.17, 15) is 28.2 Å². The first-order valence-corrected chi connectivity index (χ1v) is 8.97. The van der Waals surface area contributed by atoms with Gasteiger partial charge in [0.2, 0.25) is 0 Å². The van der Waals surface area contributed by atoms with Gasteiger partial charge in [-0.05, 0) is 44.0 Å². The van der Waals surface area contributed by atoms with Crippen molar-refractivity contribution < 1.29 is 28.2 Å². The zero-order valence-corrected chi connectivity index (χ0v) is 14.2. The summed E-state index contributed by atoms with van der Waals surface area (Å²) in [7, 11) is -3.73. The number of hydrogen-bond acceptors (Lipinski definition) is 5. The molecule has 0 radical (unpaired) electrons. The maximum absolute atomic E-state index is 12.6. The largest absolute Gasteiger partial charge is 0.481 e. The Morgan fingerprint density at radius 2 is 1.92 bits per heavy atom. The van der Waals surface area contributed by atoms with Crippen LogP contribution in [0.4, 0.5) is 10.5 Å². The molecule has 0 spiro atoms. The number of aliphatic carboxylic acids is 1. The molecule has 1 aromatic carbocycles. The number of nitrogens with two attached hydrogens (primary N) is 1. The van der Waals surface area contributed by atoms with E-state index in [-0.39, 0.29) is 29.1 Å². The highest BCUT2D eigenvalue weighted by molar-refractivity contribution is 7.92. The summed E-state index contributed by atoms with van der Waals surface area (Å²) in [5.74, 6) is -2.19. The number of nitrogens with zero attached hydrogens (tertiary/aromatic N) is 1. The van der Waals surface area contributed by atoms with Gasteiger partial charge < -0.3 is 20.8 Å². The number of benzene rings is 1. The average Bonchev–Trinajstić information content (AvgIpc) is 2.91. The van der Waals surface area contributed by atoms with Gasteiger partial charge >= 0.3 is 12.1 Å². The zero-order valence-electron chi connectivity index (χ0n) is 13.3. The Labute approximate surface area is 139 Å². The van der Waals surface area contributed by atoms with Crippen molar-refractivity contribution in [3.8, 4) is 0 Å². The molecule has 1 aliphatic heterocycles. The van der Waals surface area contributed by atoms with Crippen LogP contribution in [0.15, 0.2) is 23.1 Å². The van der Waals surface area contributed by atoms with Crippen molar-refractivity contribution in [2.75, 3.05) is 12.3 Å². The molecule has 1 heterocycles. The highest BCUT2D eigenvalue weighted by atomic mass is 32.2. The number of sulfone groups is 1. The molecule has 0 unspecified atom stereocenters. The van der Waals surface area contributed by atoms with E-state index in [1.807, 2.05) is 0 Å². The third-order valence-electron chi connectivity index (χ3n) is 4.24. The van der Waals surface area contributed by atoms with Gasteiger partial charge in [0, 0.05) is 12.2 Å². The number of carbonyl (C=O) groups is 2. The molecule has 9 heteroatoms. The third-order valence-corrected chi connectivity index (χ3v) is 6.47. The van der Waals surface area contributed by atoms with Crippen LogP contribution in [-0.2, 0) is 14.6 Å². The van der Waals surface area contributed by atoms with Crippen molar-refractivity contribution >= 4 is 27.6 Å². The van der Waals surface area contributed by atoms with E-state index in [1.165, 1.54) is 32.0 Å². The summed E-state index contributed by atoms with van der Waals surface area (Å²) in [6.45, 7) is 3.04. The number of hydrogen-bond donors (Lipinski definition) is 3. The lowest BCUT2D eigenvalue weighted by Crippen LogP contribution is -2.33. The van der Waals surface area contributed by atoms with Crippen LogP contribution in [0.5, 0.6) is 0 Å². The number of amides is 1. The van der Waals surface area contributed by atoms with Gasteiger partial charge in [0.15, 0.2) is 9.84 Å². The predicted octanol–water partition coefficient (Wildman–Crippen LogP) is 1.58. The Morgan fingerprint density at radius 3 is 2.42 bits per heavy atom.